The van der Waals surface area contributed by atoms with Gasteiger partial charge in [-0.25, -0.2) is 0 Å². The molecule has 1 aliphatic carbocycles. The van der Waals surface area contributed by atoms with Crippen LogP contribution in [0.25, 0.3) is 0 Å². The van der Waals surface area contributed by atoms with Gasteiger partial charge in [-0.1, -0.05) is 30.2 Å². The summed E-state index contributed by atoms with van der Waals surface area (Å²) in [5, 5.41) is 3.11. The second-order valence-electron chi connectivity index (χ2n) is 6.21. The average molecular weight is 311 g/mol. The molecule has 1 aromatic rings. The van der Waals surface area contributed by atoms with Crippen LogP contribution in [0.5, 0.6) is 0 Å². The van der Waals surface area contributed by atoms with Crippen molar-refractivity contribution in [3.63, 3.8) is 0 Å². The molecule has 0 bridgehead atoms. The Morgan fingerprint density at radius 3 is 2.67 bits per heavy atom. The second-order valence-corrected chi connectivity index (χ2v) is 6.21. The van der Waals surface area contributed by atoms with Crippen LogP contribution in [0.4, 0.5) is 0 Å². The van der Waals surface area contributed by atoms with Gasteiger partial charge in [0.1, 0.15) is 0 Å². The molecule has 1 amide bonds. The number of carbonyl (C=O) groups is 1. The summed E-state index contributed by atoms with van der Waals surface area (Å²) in [6.45, 7) is 6.23. The van der Waals surface area contributed by atoms with E-state index in [0.717, 1.165) is 19.3 Å². The van der Waals surface area contributed by atoms with Crippen molar-refractivity contribution >= 4 is 18.3 Å². The van der Waals surface area contributed by atoms with Crippen molar-refractivity contribution in [2.24, 2.45) is 11.7 Å². The zero-order valence-electron chi connectivity index (χ0n) is 13.2. The minimum Gasteiger partial charge on any atom is -0.350 e. The van der Waals surface area contributed by atoms with Crippen LogP contribution < -0.4 is 11.1 Å². The fourth-order valence-corrected chi connectivity index (χ4v) is 3.25. The van der Waals surface area contributed by atoms with Crippen molar-refractivity contribution in [2.75, 3.05) is 0 Å². The molecule has 1 fully saturated rings. The third kappa shape index (κ3) is 4.72. The number of carbonyl (C=O) groups excluding carboxylic acids is 1. The SMILES string of the molecule is Cc1ccc(C(C)NC(=O)C[C@@H]2CCC[C@H]2N)c(C)c1.Cl. The van der Waals surface area contributed by atoms with Gasteiger partial charge in [0.25, 0.3) is 0 Å². The molecule has 1 aliphatic rings. The summed E-state index contributed by atoms with van der Waals surface area (Å²) in [5.74, 6) is 0.487. The first-order valence-corrected chi connectivity index (χ1v) is 7.59. The number of rotatable bonds is 4. The molecule has 3 nitrogen and oxygen atoms in total. The molecule has 4 heteroatoms. The number of aryl methyl sites for hydroxylation is 2. The van der Waals surface area contributed by atoms with Gasteiger partial charge >= 0.3 is 0 Å². The minimum absolute atomic E-state index is 0. The Morgan fingerprint density at radius 1 is 1.38 bits per heavy atom. The van der Waals surface area contributed by atoms with Crippen LogP contribution in [0.3, 0.4) is 0 Å². The topological polar surface area (TPSA) is 55.1 Å². The molecular formula is C17H27ClN2O. The third-order valence-electron chi connectivity index (χ3n) is 4.43. The van der Waals surface area contributed by atoms with E-state index in [0.29, 0.717) is 12.3 Å². The van der Waals surface area contributed by atoms with Crippen molar-refractivity contribution in [1.29, 1.82) is 0 Å². The molecular weight excluding hydrogens is 284 g/mol. The van der Waals surface area contributed by atoms with E-state index in [9.17, 15) is 4.79 Å². The number of amides is 1. The monoisotopic (exact) mass is 310 g/mol. The van der Waals surface area contributed by atoms with Gasteiger partial charge in [-0.3, -0.25) is 4.79 Å². The molecule has 1 aromatic carbocycles. The Hall–Kier alpha value is -1.06. The standard InChI is InChI=1S/C17H26N2O.ClH/c1-11-7-8-15(12(2)9-11)13(3)19-17(20)10-14-5-4-6-16(14)18;/h7-9,13-14,16H,4-6,10,18H2,1-3H3,(H,19,20);1H/t13?,14-,16+;/m0./s1. The van der Waals surface area contributed by atoms with E-state index in [1.54, 1.807) is 0 Å². The maximum atomic E-state index is 12.1. The summed E-state index contributed by atoms with van der Waals surface area (Å²) in [6, 6.07) is 6.62. The highest BCUT2D eigenvalue weighted by Gasteiger charge is 2.26. The number of hydrogen-bond donors (Lipinski definition) is 2. The van der Waals surface area contributed by atoms with Gasteiger partial charge in [0.15, 0.2) is 0 Å². The van der Waals surface area contributed by atoms with Crippen LogP contribution in [0.2, 0.25) is 0 Å². The van der Waals surface area contributed by atoms with Crippen molar-refractivity contribution in [3.8, 4) is 0 Å². The number of benzene rings is 1. The predicted molar refractivity (Wildman–Crippen MR) is 89.7 cm³/mol. The first kappa shape index (κ1) is 18.0. The van der Waals surface area contributed by atoms with E-state index in [-0.39, 0.29) is 30.4 Å². The van der Waals surface area contributed by atoms with E-state index in [1.165, 1.54) is 16.7 Å². The van der Waals surface area contributed by atoms with Crippen molar-refractivity contribution in [2.45, 2.75) is 58.5 Å². The Kier molecular flexibility index (Phi) is 6.69. The normalized spacial score (nSPS) is 22.5. The van der Waals surface area contributed by atoms with Gasteiger partial charge < -0.3 is 11.1 Å². The molecule has 3 N–H and O–H groups in total. The lowest BCUT2D eigenvalue weighted by Crippen LogP contribution is -2.33. The van der Waals surface area contributed by atoms with Gasteiger partial charge in [0.2, 0.25) is 5.91 Å². The zero-order chi connectivity index (χ0) is 14.7. The first-order chi connectivity index (χ1) is 9.47. The Balaban J connectivity index is 0.00000220. The summed E-state index contributed by atoms with van der Waals surface area (Å²) in [6.07, 6.45) is 3.87. The van der Waals surface area contributed by atoms with Crippen LogP contribution in [-0.2, 0) is 4.79 Å². The fraction of sp³-hybridized carbons (Fsp3) is 0.588. The van der Waals surface area contributed by atoms with Gasteiger partial charge in [-0.05, 0) is 50.7 Å². The second kappa shape index (κ2) is 7.81. The molecule has 1 unspecified atom stereocenters. The van der Waals surface area contributed by atoms with E-state index < -0.39 is 0 Å². The molecule has 0 saturated heterocycles. The van der Waals surface area contributed by atoms with Crippen LogP contribution in [0.15, 0.2) is 18.2 Å². The van der Waals surface area contributed by atoms with Gasteiger partial charge in [0, 0.05) is 12.5 Å². The number of nitrogens with two attached hydrogens (primary N) is 1. The molecule has 0 aromatic heterocycles. The lowest BCUT2D eigenvalue weighted by Gasteiger charge is -2.20. The third-order valence-corrected chi connectivity index (χ3v) is 4.43. The fourth-order valence-electron chi connectivity index (χ4n) is 3.25. The minimum atomic E-state index is 0. The first-order valence-electron chi connectivity index (χ1n) is 7.59. The summed E-state index contributed by atoms with van der Waals surface area (Å²) >= 11 is 0. The smallest absolute Gasteiger partial charge is 0.220 e. The molecule has 0 radical (unpaired) electrons. The molecule has 2 rings (SSSR count). The molecule has 1 saturated carbocycles. The van der Waals surface area contributed by atoms with E-state index in [4.69, 9.17) is 5.73 Å². The van der Waals surface area contributed by atoms with E-state index in [2.05, 4.69) is 37.4 Å². The summed E-state index contributed by atoms with van der Waals surface area (Å²) in [4.78, 5) is 12.1. The van der Waals surface area contributed by atoms with Crippen molar-refractivity contribution < 1.29 is 4.79 Å². The summed E-state index contributed by atoms with van der Waals surface area (Å²) in [5.41, 5.74) is 9.71. The molecule has 0 heterocycles. The highest BCUT2D eigenvalue weighted by atomic mass is 35.5. The molecule has 0 aliphatic heterocycles. The van der Waals surface area contributed by atoms with Crippen molar-refractivity contribution in [3.05, 3.63) is 34.9 Å². The molecule has 3 atom stereocenters. The lowest BCUT2D eigenvalue weighted by atomic mass is 9.98. The van der Waals surface area contributed by atoms with Crippen LogP contribution in [-0.4, -0.2) is 11.9 Å². The van der Waals surface area contributed by atoms with Gasteiger partial charge in [0.05, 0.1) is 6.04 Å². The van der Waals surface area contributed by atoms with E-state index >= 15 is 0 Å². The number of nitrogens with one attached hydrogen (secondary N) is 1. The summed E-state index contributed by atoms with van der Waals surface area (Å²) in [7, 11) is 0. The Morgan fingerprint density at radius 2 is 2.10 bits per heavy atom. The van der Waals surface area contributed by atoms with Crippen LogP contribution in [0, 0.1) is 19.8 Å². The molecule has 21 heavy (non-hydrogen) atoms. The molecule has 0 spiro atoms. The van der Waals surface area contributed by atoms with E-state index in [1.807, 2.05) is 6.92 Å². The lowest BCUT2D eigenvalue weighted by molar-refractivity contribution is -0.122. The maximum absolute atomic E-state index is 12.1. The number of halogens is 1. The highest BCUT2D eigenvalue weighted by Crippen LogP contribution is 2.27. The molecule has 118 valence electrons. The predicted octanol–water partition coefficient (Wildman–Crippen LogP) is 3.42. The number of hydrogen-bond acceptors (Lipinski definition) is 2. The quantitative estimate of drug-likeness (QED) is 0.895. The summed E-state index contributed by atoms with van der Waals surface area (Å²) < 4.78 is 0. The van der Waals surface area contributed by atoms with Crippen LogP contribution in [0.1, 0.15) is 55.3 Å². The van der Waals surface area contributed by atoms with Gasteiger partial charge in [-0.2, -0.15) is 0 Å². The van der Waals surface area contributed by atoms with Crippen LogP contribution >= 0.6 is 12.4 Å². The Labute approximate surface area is 134 Å². The maximum Gasteiger partial charge on any atom is 0.220 e. The zero-order valence-corrected chi connectivity index (χ0v) is 14.0. The largest absolute Gasteiger partial charge is 0.350 e. The van der Waals surface area contributed by atoms with Gasteiger partial charge in [-0.15, -0.1) is 12.4 Å². The average Bonchev–Trinajstić information content (AvgIpc) is 2.74. The highest BCUT2D eigenvalue weighted by molar-refractivity contribution is 5.85. The Bertz CT molecular complexity index is 490. The van der Waals surface area contributed by atoms with Crippen molar-refractivity contribution in [1.82, 2.24) is 5.32 Å².